The van der Waals surface area contributed by atoms with Gasteiger partial charge < -0.3 is 4.74 Å². The molecule has 0 bridgehead atoms. The summed E-state index contributed by atoms with van der Waals surface area (Å²) in [6.45, 7) is 0.387. The molecule has 0 atom stereocenters. The van der Waals surface area contributed by atoms with Gasteiger partial charge in [-0.2, -0.15) is 0 Å². The Hall–Kier alpha value is -1.46. The van der Waals surface area contributed by atoms with E-state index in [1.165, 1.54) is 0 Å². The van der Waals surface area contributed by atoms with E-state index in [0.717, 1.165) is 0 Å². The fourth-order valence-electron chi connectivity index (χ4n) is 0.977. The van der Waals surface area contributed by atoms with Gasteiger partial charge in [0, 0.05) is 6.42 Å². The number of aldehydes is 1. The molecule has 0 radical (unpaired) electrons. The first-order chi connectivity index (χ1) is 6.79. The second kappa shape index (κ2) is 5.31. The highest BCUT2D eigenvalue weighted by Crippen LogP contribution is 2.24. The van der Waals surface area contributed by atoms with Gasteiger partial charge in [0.1, 0.15) is 5.75 Å². The van der Waals surface area contributed by atoms with Crippen LogP contribution < -0.4 is 4.74 Å². The number of halogens is 1. The molecule has 0 aromatic heterocycles. The molecule has 0 unspecified atom stereocenters. The number of carbonyl (C=O) groups excluding carboxylic acids is 1. The third-order valence-electron chi connectivity index (χ3n) is 1.63. The summed E-state index contributed by atoms with van der Waals surface area (Å²) in [5, 5.41) is 0.387. The number of carbonyl (C=O) groups is 1. The molecular formula is C11H9ClO2. The van der Waals surface area contributed by atoms with Crippen molar-refractivity contribution in [1.29, 1.82) is 0 Å². The predicted molar refractivity (Wildman–Crippen MR) is 55.8 cm³/mol. The zero-order chi connectivity index (χ0) is 10.4. The van der Waals surface area contributed by atoms with Crippen LogP contribution in [0.15, 0.2) is 18.2 Å². The van der Waals surface area contributed by atoms with Crippen molar-refractivity contribution in [3.05, 3.63) is 28.8 Å². The van der Waals surface area contributed by atoms with Gasteiger partial charge >= 0.3 is 0 Å². The van der Waals surface area contributed by atoms with Crippen molar-refractivity contribution >= 4 is 17.9 Å². The van der Waals surface area contributed by atoms with Crippen LogP contribution in [0.4, 0.5) is 0 Å². The zero-order valence-corrected chi connectivity index (χ0v) is 8.25. The number of hydrogen-bond acceptors (Lipinski definition) is 2. The lowest BCUT2D eigenvalue weighted by molar-refractivity contribution is 0.112. The molecule has 0 amide bonds. The summed E-state index contributed by atoms with van der Waals surface area (Å²) in [6, 6.07) is 5.05. The van der Waals surface area contributed by atoms with E-state index in [1.807, 2.05) is 0 Å². The Morgan fingerprint density at radius 3 is 3.00 bits per heavy atom. The highest BCUT2D eigenvalue weighted by Gasteiger charge is 2.06. The van der Waals surface area contributed by atoms with Crippen molar-refractivity contribution in [3.8, 4) is 18.1 Å². The minimum atomic E-state index is 0.367. The summed E-state index contributed by atoms with van der Waals surface area (Å²) in [6.07, 6.45) is 6.25. The predicted octanol–water partition coefficient (Wildman–Crippen LogP) is 2.55. The summed E-state index contributed by atoms with van der Waals surface area (Å²) in [5.74, 6) is 2.92. The maximum absolute atomic E-state index is 10.7. The lowest BCUT2D eigenvalue weighted by Crippen LogP contribution is -1.99. The van der Waals surface area contributed by atoms with Gasteiger partial charge in [0.2, 0.25) is 0 Å². The van der Waals surface area contributed by atoms with E-state index < -0.39 is 0 Å². The van der Waals surface area contributed by atoms with Gasteiger partial charge in [-0.3, -0.25) is 4.79 Å². The average molecular weight is 209 g/mol. The van der Waals surface area contributed by atoms with Gasteiger partial charge in [0.25, 0.3) is 0 Å². The summed E-state index contributed by atoms with van der Waals surface area (Å²) in [5.41, 5.74) is 0.367. The number of rotatable bonds is 4. The summed E-state index contributed by atoms with van der Waals surface area (Å²) in [4.78, 5) is 10.7. The Morgan fingerprint density at radius 2 is 2.36 bits per heavy atom. The fraction of sp³-hybridized carbons (Fsp3) is 0.182. The zero-order valence-electron chi connectivity index (χ0n) is 7.50. The summed E-state index contributed by atoms with van der Waals surface area (Å²) >= 11 is 5.79. The van der Waals surface area contributed by atoms with Gasteiger partial charge in [-0.05, 0) is 12.1 Å². The maximum Gasteiger partial charge on any atom is 0.155 e. The van der Waals surface area contributed by atoms with Crippen LogP contribution in [0.5, 0.6) is 5.75 Å². The largest absolute Gasteiger partial charge is 0.492 e. The van der Waals surface area contributed by atoms with E-state index in [2.05, 4.69) is 5.92 Å². The SMILES string of the molecule is C#CCCOc1cccc(Cl)c1C=O. The first-order valence-electron chi connectivity index (χ1n) is 4.09. The molecule has 1 aromatic rings. The van der Waals surface area contributed by atoms with Crippen molar-refractivity contribution in [2.75, 3.05) is 6.61 Å². The van der Waals surface area contributed by atoms with Crippen LogP contribution in [0.1, 0.15) is 16.8 Å². The molecule has 3 heteroatoms. The Morgan fingerprint density at radius 1 is 1.57 bits per heavy atom. The lowest BCUT2D eigenvalue weighted by Gasteiger charge is -2.07. The molecule has 14 heavy (non-hydrogen) atoms. The molecule has 0 fully saturated rings. The molecule has 0 aliphatic carbocycles. The molecule has 72 valence electrons. The van der Waals surface area contributed by atoms with E-state index in [9.17, 15) is 4.79 Å². The number of terminal acetylenes is 1. The molecule has 1 aromatic carbocycles. The second-order valence-corrected chi connectivity index (χ2v) is 2.98. The Kier molecular flexibility index (Phi) is 4.03. The third-order valence-corrected chi connectivity index (χ3v) is 1.96. The van der Waals surface area contributed by atoms with E-state index in [-0.39, 0.29) is 0 Å². The van der Waals surface area contributed by atoms with Crippen LogP contribution in [0.2, 0.25) is 5.02 Å². The van der Waals surface area contributed by atoms with E-state index in [1.54, 1.807) is 18.2 Å². The highest BCUT2D eigenvalue weighted by molar-refractivity contribution is 6.33. The molecule has 0 saturated heterocycles. The smallest absolute Gasteiger partial charge is 0.155 e. The van der Waals surface area contributed by atoms with Crippen molar-refractivity contribution in [2.45, 2.75) is 6.42 Å². The van der Waals surface area contributed by atoms with Crippen LogP contribution >= 0.6 is 11.6 Å². The van der Waals surface area contributed by atoms with Crippen LogP contribution in [0, 0.1) is 12.3 Å². The topological polar surface area (TPSA) is 26.3 Å². The van der Waals surface area contributed by atoms with E-state index >= 15 is 0 Å². The average Bonchev–Trinajstić information content (AvgIpc) is 2.18. The summed E-state index contributed by atoms with van der Waals surface area (Å²) in [7, 11) is 0. The van der Waals surface area contributed by atoms with Gasteiger partial charge in [0.15, 0.2) is 6.29 Å². The molecule has 1 rings (SSSR count). The second-order valence-electron chi connectivity index (χ2n) is 2.57. The van der Waals surface area contributed by atoms with Crippen molar-refractivity contribution in [3.63, 3.8) is 0 Å². The number of hydrogen-bond donors (Lipinski definition) is 0. The Bertz CT molecular complexity index is 366. The fourth-order valence-corrected chi connectivity index (χ4v) is 1.19. The first-order valence-corrected chi connectivity index (χ1v) is 4.47. The minimum Gasteiger partial charge on any atom is -0.492 e. The Labute approximate surface area is 87.8 Å². The molecular weight excluding hydrogens is 200 g/mol. The van der Waals surface area contributed by atoms with Gasteiger partial charge in [0.05, 0.1) is 17.2 Å². The molecule has 0 aliphatic heterocycles. The lowest BCUT2D eigenvalue weighted by atomic mass is 10.2. The van der Waals surface area contributed by atoms with Crippen molar-refractivity contribution < 1.29 is 9.53 Å². The highest BCUT2D eigenvalue weighted by atomic mass is 35.5. The quantitative estimate of drug-likeness (QED) is 0.432. The van der Waals surface area contributed by atoms with E-state index in [0.29, 0.717) is 35.6 Å². The molecule has 0 spiro atoms. The molecule has 2 nitrogen and oxygen atoms in total. The van der Waals surface area contributed by atoms with Crippen molar-refractivity contribution in [2.24, 2.45) is 0 Å². The third kappa shape index (κ3) is 2.51. The van der Waals surface area contributed by atoms with E-state index in [4.69, 9.17) is 22.8 Å². The van der Waals surface area contributed by atoms with Gasteiger partial charge in [-0.1, -0.05) is 17.7 Å². The van der Waals surface area contributed by atoms with Crippen LogP contribution in [0.25, 0.3) is 0 Å². The van der Waals surface area contributed by atoms with Crippen LogP contribution in [0.3, 0.4) is 0 Å². The number of benzene rings is 1. The molecule has 0 aliphatic rings. The van der Waals surface area contributed by atoms with Gasteiger partial charge in [-0.15, -0.1) is 12.3 Å². The van der Waals surface area contributed by atoms with Crippen LogP contribution in [-0.2, 0) is 0 Å². The standard InChI is InChI=1S/C11H9ClO2/c1-2-3-7-14-11-6-4-5-10(12)9(11)8-13/h1,4-6,8H,3,7H2. The Balaban J connectivity index is 2.81. The maximum atomic E-state index is 10.7. The monoisotopic (exact) mass is 208 g/mol. The number of ether oxygens (including phenoxy) is 1. The molecule has 0 saturated carbocycles. The van der Waals surface area contributed by atoms with Crippen molar-refractivity contribution in [1.82, 2.24) is 0 Å². The summed E-state index contributed by atoms with van der Waals surface area (Å²) < 4.78 is 5.29. The normalized spacial score (nSPS) is 9.14. The van der Waals surface area contributed by atoms with Gasteiger partial charge in [-0.25, -0.2) is 0 Å². The first kappa shape index (κ1) is 10.6. The van der Waals surface area contributed by atoms with Crippen LogP contribution in [-0.4, -0.2) is 12.9 Å². The minimum absolute atomic E-state index is 0.367. The molecule has 0 N–H and O–H groups in total. The molecule has 0 heterocycles.